The molecule has 0 saturated carbocycles. The number of carboxylic acids is 1. The lowest BCUT2D eigenvalue weighted by Crippen LogP contribution is -2.54. The molecular weight excluding hydrogens is 299 g/mol. The van der Waals surface area contributed by atoms with Gasteiger partial charge in [0.05, 0.1) is 0 Å². The molecule has 9 nitrogen and oxygen atoms in total. The lowest BCUT2D eigenvalue weighted by molar-refractivity contribution is -0.559. The maximum absolute atomic E-state index is 10.9. The van der Waals surface area contributed by atoms with Crippen LogP contribution in [-0.4, -0.2) is 46.3 Å². The van der Waals surface area contributed by atoms with Gasteiger partial charge >= 0.3 is 12.1 Å². The van der Waals surface area contributed by atoms with E-state index in [-0.39, 0.29) is 18.8 Å². The Balaban J connectivity index is 0.000000486. The zero-order valence-corrected chi connectivity index (χ0v) is 10.6. The predicted octanol–water partition coefficient (Wildman–Crippen LogP) is -0.804. The first-order valence-corrected chi connectivity index (χ1v) is 5.40. The molecule has 2 unspecified atom stereocenters. The number of nitrogens with zero attached hydrogens (tertiary/aromatic N) is 2. The van der Waals surface area contributed by atoms with Crippen molar-refractivity contribution in [1.29, 1.82) is 0 Å². The Morgan fingerprint density at radius 2 is 2.05 bits per heavy atom. The van der Waals surface area contributed by atoms with Gasteiger partial charge in [0.15, 0.2) is 6.17 Å². The predicted molar refractivity (Wildman–Crippen MR) is 65.8 cm³/mol. The summed E-state index contributed by atoms with van der Waals surface area (Å²) in [5.74, 6) is -2.56. The number of nitro groups is 1. The Morgan fingerprint density at radius 1 is 1.57 bits per heavy atom. The van der Waals surface area contributed by atoms with Crippen molar-refractivity contribution < 1.29 is 28.0 Å². The summed E-state index contributed by atoms with van der Waals surface area (Å²) < 4.78 is 31.7. The fraction of sp³-hybridized carbons (Fsp3) is 0.556. The number of nitrogens with two attached hydrogens (primary N) is 3. The molecule has 0 aromatic rings. The van der Waals surface area contributed by atoms with Gasteiger partial charge in [-0.1, -0.05) is 0 Å². The Labute approximate surface area is 116 Å². The van der Waals surface area contributed by atoms with Crippen molar-refractivity contribution in [3.63, 3.8) is 0 Å². The average molecular weight is 313 g/mol. The smallest absolute Gasteiger partial charge is 0.475 e. The first-order chi connectivity index (χ1) is 9.47. The fourth-order valence-electron chi connectivity index (χ4n) is 1.37. The molecule has 0 aromatic heterocycles. The van der Waals surface area contributed by atoms with E-state index in [0.29, 0.717) is 0 Å². The number of alkyl halides is 3. The number of dihydropyridines is 1. The van der Waals surface area contributed by atoms with Gasteiger partial charge in [-0.3, -0.25) is 10.1 Å². The van der Waals surface area contributed by atoms with Gasteiger partial charge in [0, 0.05) is 11.3 Å². The molecule has 7 N–H and O–H groups in total. The fourth-order valence-corrected chi connectivity index (χ4v) is 1.37. The number of rotatable bonds is 3. The topological polar surface area (TPSA) is 171 Å². The molecule has 0 fully saturated rings. The number of halogens is 3. The average Bonchev–Trinajstić information content (AvgIpc) is 2.32. The maximum atomic E-state index is 10.9. The standard InChI is InChI=1S/C7H13N5O2.C2HF3O2/c8-4-3-7(12(13)14)2-1-5(9)11-6(7)10;3-2(4,5)1(6)7/h1-2,6H,3-4,8,10H2,(H2,9,11);(H,6,7). The van der Waals surface area contributed by atoms with Crippen LogP contribution in [0.15, 0.2) is 17.1 Å². The van der Waals surface area contributed by atoms with Crippen LogP contribution >= 0.6 is 0 Å². The number of amidine groups is 1. The summed E-state index contributed by atoms with van der Waals surface area (Å²) >= 11 is 0. The molecule has 0 aliphatic carbocycles. The highest BCUT2D eigenvalue weighted by molar-refractivity contribution is 5.92. The largest absolute Gasteiger partial charge is 0.490 e. The molecule has 1 aliphatic heterocycles. The quantitative estimate of drug-likeness (QED) is 0.390. The number of hydrogen-bond acceptors (Lipinski definition) is 7. The van der Waals surface area contributed by atoms with Crippen LogP contribution in [0.25, 0.3) is 0 Å². The van der Waals surface area contributed by atoms with Gasteiger partial charge in [-0.05, 0) is 18.7 Å². The van der Waals surface area contributed by atoms with E-state index in [0.717, 1.165) is 0 Å². The zero-order valence-electron chi connectivity index (χ0n) is 10.6. The van der Waals surface area contributed by atoms with Gasteiger partial charge in [0.2, 0.25) is 0 Å². The van der Waals surface area contributed by atoms with Gasteiger partial charge in [0.1, 0.15) is 5.84 Å². The zero-order chi connectivity index (χ0) is 16.8. The molecule has 0 amide bonds. The van der Waals surface area contributed by atoms with Crippen molar-refractivity contribution in [2.45, 2.75) is 24.3 Å². The second-order valence-corrected chi connectivity index (χ2v) is 3.92. The molecule has 0 saturated heterocycles. The summed E-state index contributed by atoms with van der Waals surface area (Å²) in [6, 6.07) is 0. The molecule has 12 heteroatoms. The van der Waals surface area contributed by atoms with Crippen LogP contribution in [0.1, 0.15) is 6.42 Å². The number of carboxylic acid groups (broad SMARTS) is 1. The van der Waals surface area contributed by atoms with Crippen molar-refractivity contribution in [3.8, 4) is 0 Å². The van der Waals surface area contributed by atoms with Crippen molar-refractivity contribution in [1.82, 2.24) is 0 Å². The van der Waals surface area contributed by atoms with E-state index in [4.69, 9.17) is 27.1 Å². The van der Waals surface area contributed by atoms with Crippen LogP contribution in [0.4, 0.5) is 13.2 Å². The molecule has 21 heavy (non-hydrogen) atoms. The Morgan fingerprint density at radius 3 is 2.33 bits per heavy atom. The Hall–Kier alpha value is -2.21. The summed E-state index contributed by atoms with van der Waals surface area (Å²) in [4.78, 5) is 23.1. The second-order valence-electron chi connectivity index (χ2n) is 3.92. The Kier molecular flexibility index (Phi) is 6.25. The molecule has 0 spiro atoms. The first kappa shape index (κ1) is 18.8. The monoisotopic (exact) mass is 313 g/mol. The van der Waals surface area contributed by atoms with E-state index in [1.807, 2.05) is 0 Å². The molecule has 2 atom stereocenters. The van der Waals surface area contributed by atoms with Crippen molar-refractivity contribution in [2.75, 3.05) is 6.54 Å². The van der Waals surface area contributed by atoms with Gasteiger partial charge in [0.25, 0.3) is 5.54 Å². The van der Waals surface area contributed by atoms with Crippen molar-refractivity contribution in [2.24, 2.45) is 22.2 Å². The van der Waals surface area contributed by atoms with E-state index < -0.39 is 28.8 Å². The number of carbonyl (C=O) groups is 1. The summed E-state index contributed by atoms with van der Waals surface area (Å²) in [6.45, 7) is 0.175. The first-order valence-electron chi connectivity index (χ1n) is 5.40. The third kappa shape index (κ3) is 5.00. The highest BCUT2D eigenvalue weighted by Crippen LogP contribution is 2.23. The minimum absolute atomic E-state index is 0.147. The minimum Gasteiger partial charge on any atom is -0.475 e. The summed E-state index contributed by atoms with van der Waals surface area (Å²) in [5.41, 5.74) is 14.8. The third-order valence-corrected chi connectivity index (χ3v) is 2.47. The SMILES string of the molecule is NCCC1([N+](=O)[O-])C=CC(N)=NC1N.O=C(O)C(F)(F)F. The van der Waals surface area contributed by atoms with Gasteiger partial charge in [-0.2, -0.15) is 13.2 Å². The van der Waals surface area contributed by atoms with Crippen LogP contribution < -0.4 is 17.2 Å². The summed E-state index contributed by atoms with van der Waals surface area (Å²) in [5, 5.41) is 18.0. The molecular formula is C9H14F3N5O4. The van der Waals surface area contributed by atoms with E-state index in [9.17, 15) is 23.3 Å². The summed E-state index contributed by atoms with van der Waals surface area (Å²) in [6.07, 6.45) is -3.14. The van der Waals surface area contributed by atoms with E-state index in [1.165, 1.54) is 12.2 Å². The van der Waals surface area contributed by atoms with Crippen LogP contribution in [0, 0.1) is 10.1 Å². The normalized spacial score (nSPS) is 24.6. The molecule has 0 bridgehead atoms. The van der Waals surface area contributed by atoms with Crippen LogP contribution in [-0.2, 0) is 4.79 Å². The highest BCUT2D eigenvalue weighted by atomic mass is 19.4. The minimum atomic E-state index is -5.08. The highest BCUT2D eigenvalue weighted by Gasteiger charge is 2.47. The van der Waals surface area contributed by atoms with E-state index >= 15 is 0 Å². The Bertz CT molecular complexity index is 465. The molecule has 1 aliphatic rings. The second kappa shape index (κ2) is 6.99. The van der Waals surface area contributed by atoms with Gasteiger partial charge < -0.3 is 22.3 Å². The summed E-state index contributed by atoms with van der Waals surface area (Å²) in [7, 11) is 0. The van der Waals surface area contributed by atoms with E-state index in [2.05, 4.69) is 4.99 Å². The van der Waals surface area contributed by atoms with Crippen molar-refractivity contribution in [3.05, 3.63) is 22.3 Å². The maximum Gasteiger partial charge on any atom is 0.490 e. The molecule has 120 valence electrons. The number of aliphatic imine (C=N–C) groups is 1. The lowest BCUT2D eigenvalue weighted by Gasteiger charge is -2.27. The molecule has 1 rings (SSSR count). The number of hydrogen-bond donors (Lipinski definition) is 4. The van der Waals surface area contributed by atoms with Crippen LogP contribution in [0.2, 0.25) is 0 Å². The van der Waals surface area contributed by atoms with Crippen LogP contribution in [0.5, 0.6) is 0 Å². The molecule has 0 radical (unpaired) electrons. The number of aliphatic carboxylic acids is 1. The molecule has 1 heterocycles. The molecule has 0 aromatic carbocycles. The van der Waals surface area contributed by atoms with Crippen molar-refractivity contribution >= 4 is 11.8 Å². The third-order valence-electron chi connectivity index (χ3n) is 2.47. The van der Waals surface area contributed by atoms with Gasteiger partial charge in [-0.15, -0.1) is 0 Å². The van der Waals surface area contributed by atoms with E-state index in [1.54, 1.807) is 0 Å². The van der Waals surface area contributed by atoms with Gasteiger partial charge in [-0.25, -0.2) is 9.79 Å². The lowest BCUT2D eigenvalue weighted by atomic mass is 9.90. The van der Waals surface area contributed by atoms with Crippen LogP contribution in [0.3, 0.4) is 0 Å².